The molecule has 0 spiro atoms. The molecule has 0 radical (unpaired) electrons. The molecule has 0 aliphatic heterocycles. The van der Waals surface area contributed by atoms with Crippen molar-refractivity contribution in [3.63, 3.8) is 0 Å². The van der Waals surface area contributed by atoms with E-state index in [0.717, 1.165) is 16.7 Å². The van der Waals surface area contributed by atoms with Gasteiger partial charge in [-0.3, -0.25) is 0 Å². The molecule has 0 heterocycles. The van der Waals surface area contributed by atoms with Gasteiger partial charge >= 0.3 is 0 Å². The number of aryl methyl sites for hydroxylation is 2. The second kappa shape index (κ2) is 5.41. The van der Waals surface area contributed by atoms with Gasteiger partial charge < -0.3 is 9.84 Å². The highest BCUT2D eigenvalue weighted by molar-refractivity contribution is 5.40. The van der Waals surface area contributed by atoms with Crippen LogP contribution in [0.3, 0.4) is 0 Å². The Morgan fingerprint density at radius 3 is 2.47 bits per heavy atom. The molecule has 0 aliphatic rings. The van der Waals surface area contributed by atoms with Gasteiger partial charge in [-0.2, -0.15) is 0 Å². The highest BCUT2D eigenvalue weighted by Gasteiger charge is 2.15. The third-order valence-electron chi connectivity index (χ3n) is 3.21. The van der Waals surface area contributed by atoms with Crippen molar-refractivity contribution in [1.82, 2.24) is 0 Å². The Morgan fingerprint density at radius 2 is 1.84 bits per heavy atom. The van der Waals surface area contributed by atoms with Crippen LogP contribution in [-0.4, -0.2) is 12.2 Å². The Balaban J connectivity index is 2.40. The number of hydrogen-bond acceptors (Lipinski definition) is 2. The van der Waals surface area contributed by atoms with Crippen molar-refractivity contribution in [2.24, 2.45) is 0 Å². The SMILES string of the molecule is COc1cc(C(O)c2ccc(C)cc2C)ccc1F. The molecule has 0 bridgehead atoms. The third kappa shape index (κ3) is 2.76. The largest absolute Gasteiger partial charge is 0.494 e. The lowest BCUT2D eigenvalue weighted by atomic mass is 9.96. The van der Waals surface area contributed by atoms with Gasteiger partial charge in [0.2, 0.25) is 0 Å². The highest BCUT2D eigenvalue weighted by Crippen LogP contribution is 2.29. The number of aliphatic hydroxyl groups excluding tert-OH is 1. The summed E-state index contributed by atoms with van der Waals surface area (Å²) in [6.45, 7) is 3.95. The molecular formula is C16H17FO2. The van der Waals surface area contributed by atoms with E-state index in [1.54, 1.807) is 6.07 Å². The van der Waals surface area contributed by atoms with Gasteiger partial charge in [-0.15, -0.1) is 0 Å². The van der Waals surface area contributed by atoms with Crippen LogP contribution in [0, 0.1) is 19.7 Å². The van der Waals surface area contributed by atoms with Crippen LogP contribution in [-0.2, 0) is 0 Å². The van der Waals surface area contributed by atoms with Crippen molar-refractivity contribution in [3.05, 3.63) is 64.5 Å². The summed E-state index contributed by atoms with van der Waals surface area (Å²) in [5.41, 5.74) is 3.59. The summed E-state index contributed by atoms with van der Waals surface area (Å²) in [6, 6.07) is 10.3. The zero-order valence-electron chi connectivity index (χ0n) is 11.3. The van der Waals surface area contributed by atoms with Crippen molar-refractivity contribution in [2.45, 2.75) is 20.0 Å². The second-order valence-electron chi connectivity index (χ2n) is 4.66. The van der Waals surface area contributed by atoms with Crippen LogP contribution in [0.1, 0.15) is 28.4 Å². The molecule has 1 unspecified atom stereocenters. The van der Waals surface area contributed by atoms with Gasteiger partial charge in [0.25, 0.3) is 0 Å². The fourth-order valence-electron chi connectivity index (χ4n) is 2.16. The normalized spacial score (nSPS) is 12.3. The number of benzene rings is 2. The highest BCUT2D eigenvalue weighted by atomic mass is 19.1. The van der Waals surface area contributed by atoms with E-state index in [0.29, 0.717) is 5.56 Å². The fourth-order valence-corrected chi connectivity index (χ4v) is 2.16. The molecule has 0 fully saturated rings. The molecule has 2 aromatic carbocycles. The van der Waals surface area contributed by atoms with Crippen molar-refractivity contribution in [2.75, 3.05) is 7.11 Å². The predicted octanol–water partition coefficient (Wildman–Crippen LogP) is 3.53. The van der Waals surface area contributed by atoms with Crippen molar-refractivity contribution in [1.29, 1.82) is 0 Å². The van der Waals surface area contributed by atoms with Gasteiger partial charge in [0.1, 0.15) is 6.10 Å². The fraction of sp³-hybridized carbons (Fsp3) is 0.250. The lowest BCUT2D eigenvalue weighted by molar-refractivity contribution is 0.218. The summed E-state index contributed by atoms with van der Waals surface area (Å²) >= 11 is 0. The molecule has 2 nitrogen and oxygen atoms in total. The number of ether oxygens (including phenoxy) is 1. The van der Waals surface area contributed by atoms with Gasteiger partial charge in [0.05, 0.1) is 7.11 Å². The second-order valence-corrected chi connectivity index (χ2v) is 4.66. The molecule has 2 aromatic rings. The minimum Gasteiger partial charge on any atom is -0.494 e. The quantitative estimate of drug-likeness (QED) is 0.914. The summed E-state index contributed by atoms with van der Waals surface area (Å²) in [6.07, 6.45) is -0.782. The summed E-state index contributed by atoms with van der Waals surface area (Å²) < 4.78 is 18.3. The minimum atomic E-state index is -0.782. The van der Waals surface area contributed by atoms with E-state index >= 15 is 0 Å². The molecule has 0 amide bonds. The first-order valence-corrected chi connectivity index (χ1v) is 6.11. The molecule has 2 rings (SSSR count). The van der Waals surface area contributed by atoms with E-state index in [1.165, 1.54) is 19.2 Å². The smallest absolute Gasteiger partial charge is 0.165 e. The zero-order valence-corrected chi connectivity index (χ0v) is 11.3. The van der Waals surface area contributed by atoms with E-state index < -0.39 is 11.9 Å². The van der Waals surface area contributed by atoms with E-state index in [2.05, 4.69) is 0 Å². The first kappa shape index (κ1) is 13.6. The summed E-state index contributed by atoms with van der Waals surface area (Å²) in [7, 11) is 1.41. The Kier molecular flexibility index (Phi) is 3.86. The predicted molar refractivity (Wildman–Crippen MR) is 72.9 cm³/mol. The summed E-state index contributed by atoms with van der Waals surface area (Å²) in [5.74, 6) is -0.291. The molecule has 1 atom stereocenters. The molecule has 3 heteroatoms. The van der Waals surface area contributed by atoms with E-state index in [-0.39, 0.29) is 5.75 Å². The lowest BCUT2D eigenvalue weighted by Crippen LogP contribution is -2.03. The Bertz CT molecular complexity index is 593. The number of hydrogen-bond donors (Lipinski definition) is 1. The summed E-state index contributed by atoms with van der Waals surface area (Å²) in [4.78, 5) is 0. The molecule has 19 heavy (non-hydrogen) atoms. The van der Waals surface area contributed by atoms with Gasteiger partial charge in [-0.25, -0.2) is 4.39 Å². The molecule has 100 valence electrons. The van der Waals surface area contributed by atoms with Gasteiger partial charge in [-0.05, 0) is 42.7 Å². The Morgan fingerprint density at radius 1 is 1.11 bits per heavy atom. The monoisotopic (exact) mass is 260 g/mol. The first-order chi connectivity index (χ1) is 9.02. The van der Waals surface area contributed by atoms with Crippen LogP contribution >= 0.6 is 0 Å². The van der Waals surface area contributed by atoms with E-state index in [4.69, 9.17) is 4.74 Å². The maximum atomic E-state index is 13.4. The average molecular weight is 260 g/mol. The van der Waals surface area contributed by atoms with Crippen molar-refractivity contribution >= 4 is 0 Å². The van der Waals surface area contributed by atoms with Crippen LogP contribution in [0.25, 0.3) is 0 Å². The molecule has 0 saturated heterocycles. The lowest BCUT2D eigenvalue weighted by Gasteiger charge is -2.15. The van der Waals surface area contributed by atoms with Crippen LogP contribution in [0.5, 0.6) is 5.75 Å². The first-order valence-electron chi connectivity index (χ1n) is 6.11. The van der Waals surface area contributed by atoms with Gasteiger partial charge in [-0.1, -0.05) is 29.8 Å². The van der Waals surface area contributed by atoms with Gasteiger partial charge in [0.15, 0.2) is 11.6 Å². The van der Waals surface area contributed by atoms with Gasteiger partial charge in [0, 0.05) is 0 Å². The molecule has 0 saturated carbocycles. The Hall–Kier alpha value is -1.87. The van der Waals surface area contributed by atoms with E-state index in [1.807, 2.05) is 32.0 Å². The van der Waals surface area contributed by atoms with E-state index in [9.17, 15) is 9.50 Å². The summed E-state index contributed by atoms with van der Waals surface area (Å²) in [5, 5.41) is 10.4. The maximum Gasteiger partial charge on any atom is 0.165 e. The van der Waals surface area contributed by atoms with Crippen LogP contribution in [0.2, 0.25) is 0 Å². The Labute approximate surface area is 112 Å². The van der Waals surface area contributed by atoms with Crippen molar-refractivity contribution in [3.8, 4) is 5.75 Å². The number of methoxy groups -OCH3 is 1. The van der Waals surface area contributed by atoms with Crippen LogP contribution < -0.4 is 4.74 Å². The zero-order chi connectivity index (χ0) is 14.0. The van der Waals surface area contributed by atoms with Crippen molar-refractivity contribution < 1.29 is 14.2 Å². The average Bonchev–Trinajstić information content (AvgIpc) is 2.38. The standard InChI is InChI=1S/C16H17FO2/c1-10-4-6-13(11(2)8-10)16(18)12-5-7-14(17)15(9-12)19-3/h4-9,16,18H,1-3H3. The minimum absolute atomic E-state index is 0.140. The number of rotatable bonds is 3. The third-order valence-corrected chi connectivity index (χ3v) is 3.21. The molecule has 1 N–H and O–H groups in total. The molecular weight excluding hydrogens is 243 g/mol. The number of aliphatic hydroxyl groups is 1. The molecule has 0 aliphatic carbocycles. The topological polar surface area (TPSA) is 29.5 Å². The number of halogens is 1. The van der Waals surface area contributed by atoms with Crippen LogP contribution in [0.4, 0.5) is 4.39 Å². The molecule has 0 aromatic heterocycles. The van der Waals surface area contributed by atoms with Crippen LogP contribution in [0.15, 0.2) is 36.4 Å². The maximum absolute atomic E-state index is 13.4.